The minimum Gasteiger partial charge on any atom is -0.206 e. The maximum atomic E-state index is 13.8. The van der Waals surface area contributed by atoms with Crippen molar-refractivity contribution in [1.29, 1.82) is 0 Å². The van der Waals surface area contributed by atoms with Crippen LogP contribution >= 0.6 is 0 Å². The molecule has 0 aliphatic rings. The van der Waals surface area contributed by atoms with Gasteiger partial charge in [0, 0.05) is 5.56 Å². The van der Waals surface area contributed by atoms with E-state index in [4.69, 9.17) is 0 Å². The highest BCUT2D eigenvalue weighted by Gasteiger charge is 2.17. The van der Waals surface area contributed by atoms with Gasteiger partial charge in [-0.3, -0.25) is 0 Å². The number of aryl methyl sites for hydroxylation is 1. The van der Waals surface area contributed by atoms with Crippen molar-refractivity contribution in [2.45, 2.75) is 40.0 Å². The predicted octanol–water partition coefficient (Wildman–Crippen LogP) is 4.46. The Hall–Kier alpha value is -1.11. The van der Waals surface area contributed by atoms with Crippen LogP contribution in [0.2, 0.25) is 0 Å². The van der Waals surface area contributed by atoms with E-state index in [-0.39, 0.29) is 11.2 Å². The first-order valence-electron chi connectivity index (χ1n) is 5.20. The smallest absolute Gasteiger partial charge is 0.131 e. The van der Waals surface area contributed by atoms with Crippen molar-refractivity contribution in [2.75, 3.05) is 0 Å². The van der Waals surface area contributed by atoms with Crippen molar-refractivity contribution in [3.63, 3.8) is 0 Å². The van der Waals surface area contributed by atoms with Gasteiger partial charge in [-0.1, -0.05) is 33.4 Å². The number of rotatable bonds is 1. The molecule has 1 heteroatoms. The van der Waals surface area contributed by atoms with Gasteiger partial charge in [0.05, 0.1) is 0 Å². The normalized spacial score (nSPS) is 11.6. The van der Waals surface area contributed by atoms with Crippen LogP contribution in [0.25, 0.3) is 5.57 Å². The van der Waals surface area contributed by atoms with Crippen molar-refractivity contribution in [1.82, 2.24) is 0 Å². The summed E-state index contributed by atoms with van der Waals surface area (Å²) in [4.78, 5) is 0. The lowest BCUT2D eigenvalue weighted by atomic mass is 9.84. The van der Waals surface area contributed by atoms with Crippen LogP contribution < -0.4 is 0 Å². The topological polar surface area (TPSA) is 0 Å². The highest BCUT2D eigenvalue weighted by Crippen LogP contribution is 2.28. The highest BCUT2D eigenvalue weighted by molar-refractivity contribution is 5.65. The summed E-state index contributed by atoms with van der Waals surface area (Å²) in [6.45, 7) is 13.8. The van der Waals surface area contributed by atoms with Gasteiger partial charge in [0.2, 0.25) is 0 Å². The number of hydrogen-bond acceptors (Lipinski definition) is 0. The molecule has 0 nitrogen and oxygen atoms in total. The number of hydrogen-bond donors (Lipinski definition) is 0. The van der Waals surface area contributed by atoms with E-state index in [0.29, 0.717) is 5.56 Å². The molecule has 0 spiro atoms. The molecular weight excluding hydrogens is 187 g/mol. The summed E-state index contributed by atoms with van der Waals surface area (Å²) in [6, 6.07) is 3.67. The lowest BCUT2D eigenvalue weighted by Crippen LogP contribution is -2.12. The number of halogens is 1. The van der Waals surface area contributed by atoms with E-state index >= 15 is 0 Å². The van der Waals surface area contributed by atoms with Crippen molar-refractivity contribution in [3.05, 3.63) is 41.2 Å². The quantitative estimate of drug-likeness (QED) is 0.636. The fourth-order valence-corrected chi connectivity index (χ4v) is 1.72. The van der Waals surface area contributed by atoms with Gasteiger partial charge in [-0.2, -0.15) is 0 Å². The lowest BCUT2D eigenvalue weighted by molar-refractivity contribution is 0.569. The van der Waals surface area contributed by atoms with E-state index < -0.39 is 0 Å². The molecule has 0 aliphatic carbocycles. The van der Waals surface area contributed by atoms with E-state index in [1.807, 2.05) is 19.9 Å². The molecule has 0 saturated carbocycles. The summed E-state index contributed by atoms with van der Waals surface area (Å²) in [7, 11) is 0. The van der Waals surface area contributed by atoms with Crippen LogP contribution in [0.4, 0.5) is 4.39 Å². The summed E-state index contributed by atoms with van der Waals surface area (Å²) in [6.07, 6.45) is 0. The van der Waals surface area contributed by atoms with Gasteiger partial charge in [-0.05, 0) is 42.0 Å². The van der Waals surface area contributed by atoms with Crippen molar-refractivity contribution in [3.8, 4) is 0 Å². The SMILES string of the molecule is C=C(C)c1c(C)cc(C(C)(C)C)cc1F. The molecule has 1 aromatic rings. The summed E-state index contributed by atoms with van der Waals surface area (Å²) >= 11 is 0. The molecule has 0 saturated heterocycles. The first-order valence-corrected chi connectivity index (χ1v) is 5.20. The number of benzene rings is 1. The summed E-state index contributed by atoms with van der Waals surface area (Å²) < 4.78 is 13.8. The highest BCUT2D eigenvalue weighted by atomic mass is 19.1. The Bertz CT molecular complexity index is 371. The van der Waals surface area contributed by atoms with Crippen LogP contribution in [0.1, 0.15) is 44.4 Å². The maximum Gasteiger partial charge on any atom is 0.131 e. The second kappa shape index (κ2) is 3.80. The van der Waals surface area contributed by atoms with Gasteiger partial charge in [-0.25, -0.2) is 4.39 Å². The Kier molecular flexibility index (Phi) is 3.03. The fraction of sp³-hybridized carbons (Fsp3) is 0.429. The Morgan fingerprint density at radius 2 is 1.80 bits per heavy atom. The second-order valence-electron chi connectivity index (χ2n) is 5.18. The second-order valence-corrected chi connectivity index (χ2v) is 5.18. The van der Waals surface area contributed by atoms with E-state index in [0.717, 1.165) is 16.7 Å². The third-order valence-corrected chi connectivity index (χ3v) is 2.58. The Morgan fingerprint density at radius 3 is 2.13 bits per heavy atom. The van der Waals surface area contributed by atoms with Gasteiger partial charge >= 0.3 is 0 Å². The Labute approximate surface area is 91.8 Å². The predicted molar refractivity (Wildman–Crippen MR) is 64.5 cm³/mol. The number of allylic oxidation sites excluding steroid dienone is 1. The van der Waals surface area contributed by atoms with Crippen molar-refractivity contribution < 1.29 is 4.39 Å². The average molecular weight is 206 g/mol. The van der Waals surface area contributed by atoms with Crippen LogP contribution in [0.5, 0.6) is 0 Å². The minimum atomic E-state index is -0.160. The van der Waals surface area contributed by atoms with Gasteiger partial charge in [0.15, 0.2) is 0 Å². The molecule has 0 heterocycles. The van der Waals surface area contributed by atoms with Gasteiger partial charge < -0.3 is 0 Å². The van der Waals surface area contributed by atoms with E-state index in [9.17, 15) is 4.39 Å². The Balaban J connectivity index is 3.39. The summed E-state index contributed by atoms with van der Waals surface area (Å²) in [5, 5.41) is 0. The van der Waals surface area contributed by atoms with Crippen LogP contribution in [0.3, 0.4) is 0 Å². The van der Waals surface area contributed by atoms with Crippen LogP contribution in [-0.4, -0.2) is 0 Å². The van der Waals surface area contributed by atoms with E-state index in [1.54, 1.807) is 6.07 Å². The molecular formula is C14H19F. The van der Waals surface area contributed by atoms with E-state index in [2.05, 4.69) is 27.4 Å². The zero-order valence-corrected chi connectivity index (χ0v) is 10.2. The molecule has 0 N–H and O–H groups in total. The van der Waals surface area contributed by atoms with E-state index in [1.165, 1.54) is 0 Å². The zero-order valence-electron chi connectivity index (χ0n) is 10.2. The molecule has 0 unspecified atom stereocenters. The van der Waals surface area contributed by atoms with Gasteiger partial charge in [0.1, 0.15) is 5.82 Å². The first-order chi connectivity index (χ1) is 6.73. The third kappa shape index (κ3) is 2.47. The molecule has 1 rings (SSSR count). The Morgan fingerprint density at radius 1 is 1.27 bits per heavy atom. The fourth-order valence-electron chi connectivity index (χ4n) is 1.72. The molecule has 0 aliphatic heterocycles. The maximum absolute atomic E-state index is 13.8. The van der Waals surface area contributed by atoms with Gasteiger partial charge in [-0.15, -0.1) is 0 Å². The van der Waals surface area contributed by atoms with Gasteiger partial charge in [0.25, 0.3) is 0 Å². The summed E-state index contributed by atoms with van der Waals surface area (Å²) in [5.41, 5.74) is 3.42. The standard InChI is InChI=1S/C14H19F/c1-9(2)13-10(3)7-11(8-12(13)15)14(4,5)6/h7-8H,1H2,2-6H3. The molecule has 0 amide bonds. The molecule has 0 fully saturated rings. The molecule has 15 heavy (non-hydrogen) atoms. The van der Waals surface area contributed by atoms with Crippen LogP contribution in [0, 0.1) is 12.7 Å². The monoisotopic (exact) mass is 206 g/mol. The first kappa shape index (κ1) is 12.0. The molecule has 82 valence electrons. The third-order valence-electron chi connectivity index (χ3n) is 2.58. The minimum absolute atomic E-state index is 0.0147. The summed E-state index contributed by atoms with van der Waals surface area (Å²) in [5.74, 6) is -0.160. The van der Waals surface area contributed by atoms with Crippen molar-refractivity contribution in [2.24, 2.45) is 0 Å². The van der Waals surface area contributed by atoms with Crippen LogP contribution in [0.15, 0.2) is 18.7 Å². The molecule has 0 atom stereocenters. The molecule has 0 radical (unpaired) electrons. The largest absolute Gasteiger partial charge is 0.206 e. The lowest BCUT2D eigenvalue weighted by Gasteiger charge is -2.21. The van der Waals surface area contributed by atoms with Crippen LogP contribution in [-0.2, 0) is 5.41 Å². The average Bonchev–Trinajstić information content (AvgIpc) is 1.99. The molecule has 1 aromatic carbocycles. The van der Waals surface area contributed by atoms with Crippen molar-refractivity contribution >= 4 is 5.57 Å². The zero-order chi connectivity index (χ0) is 11.8. The molecule has 0 aromatic heterocycles. The molecule has 0 bridgehead atoms.